The number of hydrogen-bond acceptors (Lipinski definition) is 5. The second-order valence-corrected chi connectivity index (χ2v) is 9.30. The van der Waals surface area contributed by atoms with E-state index in [4.69, 9.17) is 11.6 Å². The number of carbonyl (C=O) groups is 2. The quantitative estimate of drug-likeness (QED) is 0.773. The summed E-state index contributed by atoms with van der Waals surface area (Å²) in [5, 5.41) is 4.12. The highest BCUT2D eigenvalue weighted by molar-refractivity contribution is 6.31. The third kappa shape index (κ3) is 3.36. The minimum atomic E-state index is -0.431. The Kier molecular flexibility index (Phi) is 5.35. The van der Waals surface area contributed by atoms with Crippen LogP contribution in [0, 0.1) is 13.8 Å². The molecule has 32 heavy (non-hydrogen) atoms. The van der Waals surface area contributed by atoms with E-state index in [1.807, 2.05) is 18.2 Å². The number of fused-ring (bicyclic) bond motifs is 3. The number of likely N-dealkylation sites (N-methyl/N-ethyl adjacent to an activating group) is 1. The fourth-order valence-electron chi connectivity index (χ4n) is 5.03. The number of halogens is 1. The summed E-state index contributed by atoms with van der Waals surface area (Å²) in [7, 11) is 1.76. The molecule has 3 saturated heterocycles. The Hall–Kier alpha value is -2.61. The maximum absolute atomic E-state index is 13.6. The van der Waals surface area contributed by atoms with Gasteiger partial charge in [-0.05, 0) is 55.2 Å². The van der Waals surface area contributed by atoms with Crippen molar-refractivity contribution >= 4 is 29.2 Å². The van der Waals surface area contributed by atoms with Crippen molar-refractivity contribution in [3.8, 4) is 0 Å². The average Bonchev–Trinajstić information content (AvgIpc) is 3.18. The Morgan fingerprint density at radius 3 is 2.59 bits per heavy atom. The van der Waals surface area contributed by atoms with Gasteiger partial charge >= 0.3 is 6.03 Å². The Bertz CT molecular complexity index is 1080. The number of carbonyl (C=O) groups excluding carboxylic acids is 2. The van der Waals surface area contributed by atoms with Gasteiger partial charge in [-0.15, -0.1) is 0 Å². The van der Waals surface area contributed by atoms with Gasteiger partial charge in [0.1, 0.15) is 18.5 Å². The molecule has 8 heteroatoms. The van der Waals surface area contributed by atoms with Crippen LogP contribution in [0.15, 0.2) is 42.5 Å². The van der Waals surface area contributed by atoms with Crippen molar-refractivity contribution in [2.45, 2.75) is 45.3 Å². The third-order valence-electron chi connectivity index (χ3n) is 6.98. The highest BCUT2D eigenvalue weighted by atomic mass is 35.5. The van der Waals surface area contributed by atoms with Gasteiger partial charge in [0.25, 0.3) is 5.91 Å². The van der Waals surface area contributed by atoms with Crippen LogP contribution in [0.1, 0.15) is 23.1 Å². The van der Waals surface area contributed by atoms with Crippen molar-refractivity contribution in [1.82, 2.24) is 20.0 Å². The zero-order valence-corrected chi connectivity index (χ0v) is 19.3. The zero-order chi connectivity index (χ0) is 22.6. The van der Waals surface area contributed by atoms with Crippen LogP contribution in [0.3, 0.4) is 0 Å². The fourth-order valence-corrected chi connectivity index (χ4v) is 5.23. The van der Waals surface area contributed by atoms with E-state index in [1.165, 1.54) is 16.0 Å². The Morgan fingerprint density at radius 2 is 1.84 bits per heavy atom. The molecule has 0 aliphatic carbocycles. The lowest BCUT2D eigenvalue weighted by molar-refractivity contribution is -0.139. The zero-order valence-electron chi connectivity index (χ0n) is 18.6. The van der Waals surface area contributed by atoms with Gasteiger partial charge in [-0.3, -0.25) is 19.9 Å². The molecule has 7 nitrogen and oxygen atoms in total. The van der Waals surface area contributed by atoms with Crippen molar-refractivity contribution in [3.63, 3.8) is 0 Å². The lowest BCUT2D eigenvalue weighted by atomic mass is 10.1. The highest BCUT2D eigenvalue weighted by Crippen LogP contribution is 2.34. The molecule has 0 saturated carbocycles. The standard InChI is InChI=1S/C24H28ClN5O2/c1-15-9-10-18(13-16(15)2)28-11-6-12-29-20-21(26-23(28)29)27(3)24(32)30(22(20)31)14-17-7-4-5-8-19(17)25/h4-5,7-10,13,20-21,23,26H,6,11-12,14H2,1-3H3. The van der Waals surface area contributed by atoms with Crippen molar-refractivity contribution in [3.05, 3.63) is 64.2 Å². The van der Waals surface area contributed by atoms with Crippen molar-refractivity contribution in [1.29, 1.82) is 0 Å². The van der Waals surface area contributed by atoms with Crippen molar-refractivity contribution in [2.24, 2.45) is 0 Å². The van der Waals surface area contributed by atoms with Crippen LogP contribution < -0.4 is 10.2 Å². The molecule has 168 valence electrons. The van der Waals surface area contributed by atoms with E-state index in [-0.39, 0.29) is 30.9 Å². The molecule has 3 unspecified atom stereocenters. The number of nitrogens with one attached hydrogen (secondary N) is 1. The SMILES string of the molecule is Cc1ccc(N2CCCN3C4C(=O)N(Cc5ccccc5Cl)C(=O)N(C)C4NC23)cc1C. The monoisotopic (exact) mass is 453 g/mol. The van der Waals surface area contributed by atoms with Crippen LogP contribution in [0.5, 0.6) is 0 Å². The second kappa shape index (κ2) is 8.06. The summed E-state index contributed by atoms with van der Waals surface area (Å²) in [6, 6.07) is 13.1. The molecule has 5 rings (SSSR count). The predicted octanol–water partition coefficient (Wildman–Crippen LogP) is 3.14. The first kappa shape index (κ1) is 21.2. The Morgan fingerprint density at radius 1 is 1.06 bits per heavy atom. The van der Waals surface area contributed by atoms with Crippen LogP contribution in [-0.4, -0.2) is 65.3 Å². The maximum Gasteiger partial charge on any atom is 0.328 e. The molecule has 2 aromatic rings. The molecule has 0 radical (unpaired) electrons. The number of rotatable bonds is 3. The smallest absolute Gasteiger partial charge is 0.328 e. The van der Waals surface area contributed by atoms with E-state index in [0.29, 0.717) is 5.02 Å². The largest absolute Gasteiger partial charge is 0.343 e. The first-order valence-electron chi connectivity index (χ1n) is 11.0. The lowest BCUT2D eigenvalue weighted by Gasteiger charge is -2.44. The van der Waals surface area contributed by atoms with Gasteiger partial charge in [-0.1, -0.05) is 35.9 Å². The molecule has 3 amide bonds. The third-order valence-corrected chi connectivity index (χ3v) is 7.35. The molecule has 3 atom stereocenters. The maximum atomic E-state index is 13.6. The number of hydrogen-bond donors (Lipinski definition) is 1. The average molecular weight is 454 g/mol. The predicted molar refractivity (Wildman–Crippen MR) is 124 cm³/mol. The number of nitrogens with zero attached hydrogens (tertiary/aromatic N) is 4. The van der Waals surface area contributed by atoms with Gasteiger partial charge in [-0.2, -0.15) is 0 Å². The Balaban J connectivity index is 1.45. The molecule has 3 aliphatic rings. The molecule has 0 spiro atoms. The van der Waals surface area contributed by atoms with Gasteiger partial charge in [0.15, 0.2) is 0 Å². The normalized spacial score (nSPS) is 25.9. The van der Waals surface area contributed by atoms with Gasteiger partial charge < -0.3 is 9.80 Å². The van der Waals surface area contributed by atoms with E-state index in [0.717, 1.165) is 30.8 Å². The van der Waals surface area contributed by atoms with E-state index in [2.05, 4.69) is 47.2 Å². The van der Waals surface area contributed by atoms with Gasteiger partial charge in [0.2, 0.25) is 0 Å². The summed E-state index contributed by atoms with van der Waals surface area (Å²) in [4.78, 5) is 34.3. The van der Waals surface area contributed by atoms with Crippen LogP contribution in [0.2, 0.25) is 5.02 Å². The minimum Gasteiger partial charge on any atom is -0.343 e. The topological polar surface area (TPSA) is 59.1 Å². The molecule has 2 aromatic carbocycles. The summed E-state index contributed by atoms with van der Waals surface area (Å²) in [6.45, 7) is 6.09. The molecule has 1 N–H and O–H groups in total. The number of aryl methyl sites for hydroxylation is 2. The van der Waals surface area contributed by atoms with Crippen LogP contribution >= 0.6 is 11.6 Å². The number of amides is 3. The van der Waals surface area contributed by atoms with Crippen molar-refractivity contribution < 1.29 is 9.59 Å². The molecular weight excluding hydrogens is 426 g/mol. The van der Waals surface area contributed by atoms with Gasteiger partial charge in [0, 0.05) is 30.8 Å². The number of imide groups is 1. The number of benzene rings is 2. The fraction of sp³-hybridized carbons (Fsp3) is 0.417. The van der Waals surface area contributed by atoms with Crippen LogP contribution in [-0.2, 0) is 11.3 Å². The van der Waals surface area contributed by atoms with E-state index in [1.54, 1.807) is 18.0 Å². The molecule has 3 fully saturated rings. The van der Waals surface area contributed by atoms with E-state index >= 15 is 0 Å². The minimum absolute atomic E-state index is 0.139. The number of urea groups is 1. The summed E-state index contributed by atoms with van der Waals surface area (Å²) >= 11 is 6.32. The van der Waals surface area contributed by atoms with Crippen LogP contribution in [0.4, 0.5) is 10.5 Å². The highest BCUT2D eigenvalue weighted by Gasteiger charge is 2.56. The van der Waals surface area contributed by atoms with Gasteiger partial charge in [0.05, 0.1) is 6.54 Å². The van der Waals surface area contributed by atoms with E-state index in [9.17, 15) is 9.59 Å². The summed E-state index contributed by atoms with van der Waals surface area (Å²) in [5.41, 5.74) is 4.39. The molecule has 0 aromatic heterocycles. The summed E-state index contributed by atoms with van der Waals surface area (Å²) < 4.78 is 0. The van der Waals surface area contributed by atoms with Gasteiger partial charge in [-0.25, -0.2) is 4.79 Å². The number of anilines is 1. The van der Waals surface area contributed by atoms with Crippen LogP contribution in [0.25, 0.3) is 0 Å². The first-order valence-corrected chi connectivity index (χ1v) is 11.4. The molecule has 3 aliphatic heterocycles. The molecule has 0 bridgehead atoms. The lowest BCUT2D eigenvalue weighted by Crippen LogP contribution is -2.66. The van der Waals surface area contributed by atoms with E-state index < -0.39 is 6.04 Å². The molecule has 3 heterocycles. The molecular formula is C24H28ClN5O2. The summed E-state index contributed by atoms with van der Waals surface area (Å²) in [5.74, 6) is -0.171. The Labute approximate surface area is 193 Å². The second-order valence-electron chi connectivity index (χ2n) is 8.89. The summed E-state index contributed by atoms with van der Waals surface area (Å²) in [6.07, 6.45) is 0.444. The van der Waals surface area contributed by atoms with Crippen molar-refractivity contribution in [2.75, 3.05) is 25.0 Å². The first-order chi connectivity index (χ1) is 15.4.